The summed E-state index contributed by atoms with van der Waals surface area (Å²) in [4.78, 5) is 23.1. The molecule has 3 aromatic carbocycles. The van der Waals surface area contributed by atoms with Crippen molar-refractivity contribution < 1.29 is 23.8 Å². The van der Waals surface area contributed by atoms with Gasteiger partial charge in [0, 0.05) is 17.5 Å². The van der Waals surface area contributed by atoms with Crippen molar-refractivity contribution in [1.29, 1.82) is 0 Å². The van der Waals surface area contributed by atoms with Crippen molar-refractivity contribution in [2.75, 3.05) is 6.54 Å². The predicted octanol–water partition coefficient (Wildman–Crippen LogP) is 6.11. The van der Waals surface area contributed by atoms with Crippen molar-refractivity contribution in [2.24, 2.45) is 5.92 Å². The first-order valence-corrected chi connectivity index (χ1v) is 12.4. The van der Waals surface area contributed by atoms with Gasteiger partial charge in [-0.25, -0.2) is 4.39 Å². The van der Waals surface area contributed by atoms with Crippen LogP contribution in [0.25, 0.3) is 0 Å². The third-order valence-electron chi connectivity index (χ3n) is 7.15. The second-order valence-corrected chi connectivity index (χ2v) is 9.68. The zero-order valence-corrected chi connectivity index (χ0v) is 20.5. The van der Waals surface area contributed by atoms with Gasteiger partial charge in [0.25, 0.3) is 5.91 Å². The van der Waals surface area contributed by atoms with Gasteiger partial charge in [-0.2, -0.15) is 0 Å². The van der Waals surface area contributed by atoms with Crippen LogP contribution in [0.4, 0.5) is 4.39 Å². The number of carboxylic acids is 1. The highest BCUT2D eigenvalue weighted by Crippen LogP contribution is 2.46. The molecule has 5 nitrogen and oxygen atoms in total. The fraction of sp³-hybridized carbons (Fsp3) is 0.333. The van der Waals surface area contributed by atoms with E-state index < -0.39 is 5.97 Å². The van der Waals surface area contributed by atoms with Crippen LogP contribution in [0.2, 0.25) is 0 Å². The summed E-state index contributed by atoms with van der Waals surface area (Å²) < 4.78 is 19.3. The summed E-state index contributed by atoms with van der Waals surface area (Å²) in [7, 11) is 0. The third kappa shape index (κ3) is 6.11. The Bertz CT molecular complexity index is 1180. The Morgan fingerprint density at radius 2 is 1.64 bits per heavy atom. The lowest BCUT2D eigenvalue weighted by atomic mass is 9.63. The number of carbonyl (C=O) groups is 2. The molecule has 1 fully saturated rings. The van der Waals surface area contributed by atoms with Gasteiger partial charge in [0.2, 0.25) is 0 Å². The molecule has 0 atom stereocenters. The minimum Gasteiger partial charge on any atom is -0.489 e. The number of ether oxygens (including phenoxy) is 1. The number of rotatable bonds is 9. The minimum atomic E-state index is -0.940. The molecular weight excluding hydrogens is 457 g/mol. The molecule has 1 aliphatic rings. The van der Waals surface area contributed by atoms with Gasteiger partial charge in [-0.05, 0) is 84.7 Å². The smallest absolute Gasteiger partial charge is 0.305 e. The first-order chi connectivity index (χ1) is 17.4. The summed E-state index contributed by atoms with van der Waals surface area (Å²) in [6.07, 6.45) is 4.17. The summed E-state index contributed by atoms with van der Waals surface area (Å²) in [5.74, 6) is -0.0795. The summed E-state index contributed by atoms with van der Waals surface area (Å²) in [6.45, 7) is 2.69. The van der Waals surface area contributed by atoms with Gasteiger partial charge in [0.1, 0.15) is 18.2 Å². The second-order valence-electron chi connectivity index (χ2n) is 9.68. The van der Waals surface area contributed by atoms with Crippen molar-refractivity contribution >= 4 is 11.9 Å². The maximum absolute atomic E-state index is 13.4. The van der Waals surface area contributed by atoms with Crippen LogP contribution in [0.15, 0.2) is 72.8 Å². The van der Waals surface area contributed by atoms with Gasteiger partial charge in [0.15, 0.2) is 0 Å². The molecule has 0 saturated heterocycles. The summed E-state index contributed by atoms with van der Waals surface area (Å²) in [6, 6.07) is 22.3. The van der Waals surface area contributed by atoms with Gasteiger partial charge in [0.05, 0.1) is 6.42 Å². The van der Waals surface area contributed by atoms with Gasteiger partial charge in [-0.3, -0.25) is 9.59 Å². The Hall–Kier alpha value is -3.67. The number of carbonyl (C=O) groups excluding carboxylic acids is 1. The molecule has 2 N–H and O–H groups in total. The zero-order chi connectivity index (χ0) is 25.5. The molecule has 0 aromatic heterocycles. The van der Waals surface area contributed by atoms with Crippen LogP contribution in [-0.2, 0) is 16.8 Å². The van der Waals surface area contributed by atoms with E-state index in [-0.39, 0.29) is 30.1 Å². The molecule has 1 saturated carbocycles. The van der Waals surface area contributed by atoms with Gasteiger partial charge in [-0.15, -0.1) is 0 Å². The van der Waals surface area contributed by atoms with Crippen molar-refractivity contribution in [3.8, 4) is 5.75 Å². The molecule has 0 bridgehead atoms. The SMILES string of the molecule is CC1CCC(c2ccc(OCc3cccc(F)c3)cc2)(c2ccc(C(=O)NCCC(=O)O)cc2)CC1. The molecule has 0 spiro atoms. The van der Waals surface area contributed by atoms with Crippen LogP contribution in [-0.4, -0.2) is 23.5 Å². The van der Waals surface area contributed by atoms with Gasteiger partial charge >= 0.3 is 5.97 Å². The molecule has 1 amide bonds. The molecule has 6 heteroatoms. The quantitative estimate of drug-likeness (QED) is 0.381. The van der Waals surface area contributed by atoms with Crippen LogP contribution < -0.4 is 10.1 Å². The van der Waals surface area contributed by atoms with Crippen LogP contribution in [0.5, 0.6) is 5.75 Å². The highest BCUT2D eigenvalue weighted by Gasteiger charge is 2.37. The lowest BCUT2D eigenvalue weighted by Crippen LogP contribution is -2.33. The molecule has 36 heavy (non-hydrogen) atoms. The van der Waals surface area contributed by atoms with E-state index in [0.717, 1.165) is 37.0 Å². The van der Waals surface area contributed by atoms with Gasteiger partial charge in [-0.1, -0.05) is 43.3 Å². The van der Waals surface area contributed by atoms with E-state index >= 15 is 0 Å². The first kappa shape index (κ1) is 25.4. The molecule has 188 valence electrons. The lowest BCUT2D eigenvalue weighted by Gasteiger charge is -2.41. The Labute approximate surface area is 211 Å². The number of benzene rings is 3. The number of halogens is 1. The predicted molar refractivity (Wildman–Crippen MR) is 137 cm³/mol. The normalized spacial score (nSPS) is 19.4. The highest BCUT2D eigenvalue weighted by molar-refractivity contribution is 5.94. The first-order valence-electron chi connectivity index (χ1n) is 12.4. The number of aliphatic carboxylic acids is 1. The van der Waals surface area contributed by atoms with Gasteiger partial charge < -0.3 is 15.2 Å². The van der Waals surface area contributed by atoms with Crippen molar-refractivity contribution in [3.05, 3.63) is 101 Å². The van der Waals surface area contributed by atoms with E-state index in [4.69, 9.17) is 9.84 Å². The van der Waals surface area contributed by atoms with Crippen LogP contribution >= 0.6 is 0 Å². The standard InChI is InChI=1S/C30H32FNO4/c1-21-13-16-30(17-14-21,24-7-5-23(6-8-24)29(35)32-18-15-28(33)34)25-9-11-27(12-10-25)36-20-22-3-2-4-26(31)19-22/h2-12,19,21H,13-18,20H2,1H3,(H,32,35)(H,33,34). The number of amides is 1. The average molecular weight is 490 g/mol. The fourth-order valence-electron chi connectivity index (χ4n) is 4.99. The Balaban J connectivity index is 1.51. The average Bonchev–Trinajstić information content (AvgIpc) is 2.88. The lowest BCUT2D eigenvalue weighted by molar-refractivity contribution is -0.136. The molecule has 0 radical (unpaired) electrons. The Morgan fingerprint density at radius 3 is 2.25 bits per heavy atom. The topological polar surface area (TPSA) is 75.6 Å². The van der Waals surface area contributed by atoms with E-state index in [1.54, 1.807) is 6.07 Å². The monoisotopic (exact) mass is 489 g/mol. The number of nitrogens with one attached hydrogen (secondary N) is 1. The van der Waals surface area contributed by atoms with E-state index in [9.17, 15) is 14.0 Å². The molecule has 4 rings (SSSR count). The van der Waals surface area contributed by atoms with Crippen LogP contribution in [0, 0.1) is 11.7 Å². The minimum absolute atomic E-state index is 0.103. The molecule has 0 aliphatic heterocycles. The maximum Gasteiger partial charge on any atom is 0.305 e. The number of carboxylic acid groups (broad SMARTS) is 1. The number of hydrogen-bond acceptors (Lipinski definition) is 3. The van der Waals surface area contributed by atoms with Crippen LogP contribution in [0.1, 0.15) is 66.1 Å². The molecule has 1 aliphatic carbocycles. The number of hydrogen-bond donors (Lipinski definition) is 2. The van der Waals surface area contributed by atoms with Crippen molar-refractivity contribution in [2.45, 2.75) is 51.0 Å². The third-order valence-corrected chi connectivity index (χ3v) is 7.15. The van der Waals surface area contributed by atoms with Crippen LogP contribution in [0.3, 0.4) is 0 Å². The van der Waals surface area contributed by atoms with Crippen molar-refractivity contribution in [3.63, 3.8) is 0 Å². The zero-order valence-electron chi connectivity index (χ0n) is 20.5. The summed E-state index contributed by atoms with van der Waals surface area (Å²) in [5.41, 5.74) is 3.54. The Morgan fingerprint density at radius 1 is 1.00 bits per heavy atom. The summed E-state index contributed by atoms with van der Waals surface area (Å²) >= 11 is 0. The highest BCUT2D eigenvalue weighted by atomic mass is 19.1. The maximum atomic E-state index is 13.4. The van der Waals surface area contributed by atoms with E-state index in [1.807, 2.05) is 42.5 Å². The molecular formula is C30H32FNO4. The Kier molecular flexibility index (Phi) is 8.04. The van der Waals surface area contributed by atoms with E-state index in [0.29, 0.717) is 18.1 Å². The fourth-order valence-corrected chi connectivity index (χ4v) is 4.99. The second kappa shape index (κ2) is 11.4. The van der Waals surface area contributed by atoms with E-state index in [2.05, 4.69) is 24.4 Å². The van der Waals surface area contributed by atoms with Crippen molar-refractivity contribution in [1.82, 2.24) is 5.32 Å². The summed E-state index contributed by atoms with van der Waals surface area (Å²) in [5, 5.41) is 11.4. The molecule has 0 unspecified atom stereocenters. The molecule has 0 heterocycles. The molecule has 3 aromatic rings. The largest absolute Gasteiger partial charge is 0.489 e. The van der Waals surface area contributed by atoms with E-state index in [1.165, 1.54) is 23.3 Å².